The molecule has 0 aliphatic heterocycles. The molecule has 0 spiro atoms. The molecule has 4 N–H and O–H groups in total. The Labute approximate surface area is 123 Å². The Bertz CT molecular complexity index is 573. The van der Waals surface area contributed by atoms with E-state index in [0.29, 0.717) is 11.4 Å². The molecule has 0 aromatic heterocycles. The molecule has 1 amide bonds. The quantitative estimate of drug-likeness (QED) is 0.786. The summed E-state index contributed by atoms with van der Waals surface area (Å²) >= 11 is 0. The Balaban J connectivity index is 2.27. The molecule has 1 aliphatic rings. The van der Waals surface area contributed by atoms with Gasteiger partial charge in [0.05, 0.1) is 23.8 Å². The van der Waals surface area contributed by atoms with Gasteiger partial charge >= 0.3 is 5.97 Å². The molecule has 1 fully saturated rings. The van der Waals surface area contributed by atoms with Gasteiger partial charge in [0.15, 0.2) is 0 Å². The van der Waals surface area contributed by atoms with Gasteiger partial charge in [0.2, 0.25) is 5.91 Å². The molecule has 2 unspecified atom stereocenters. The van der Waals surface area contributed by atoms with Crippen LogP contribution in [0.3, 0.4) is 0 Å². The van der Waals surface area contributed by atoms with E-state index in [0.717, 1.165) is 19.3 Å². The maximum absolute atomic E-state index is 12.5. The van der Waals surface area contributed by atoms with Gasteiger partial charge in [-0.3, -0.25) is 4.79 Å². The Morgan fingerprint density at radius 1 is 1.48 bits per heavy atom. The van der Waals surface area contributed by atoms with E-state index in [1.807, 2.05) is 6.92 Å². The van der Waals surface area contributed by atoms with Crippen molar-refractivity contribution in [1.82, 2.24) is 0 Å². The highest BCUT2D eigenvalue weighted by molar-refractivity contribution is 5.98. The molecule has 0 radical (unpaired) electrons. The summed E-state index contributed by atoms with van der Waals surface area (Å²) in [4.78, 5) is 23.5. The standard InChI is InChI=1S/C15H20N2O4/c1-15(7-3-4-12(15)16)14(20)17-10-8-9(13(18)19)5-6-11(10)21-2/h5-6,8,12H,3-4,7,16H2,1-2H3,(H,17,20)(H,18,19). The number of nitrogens with two attached hydrogens (primary N) is 1. The van der Waals surface area contributed by atoms with Gasteiger partial charge in [-0.2, -0.15) is 0 Å². The van der Waals surface area contributed by atoms with Crippen LogP contribution in [0.4, 0.5) is 5.69 Å². The van der Waals surface area contributed by atoms with Crippen LogP contribution in [0.1, 0.15) is 36.5 Å². The van der Waals surface area contributed by atoms with Crippen LogP contribution >= 0.6 is 0 Å². The molecule has 0 heterocycles. The molecule has 2 atom stereocenters. The highest BCUT2D eigenvalue weighted by atomic mass is 16.5. The fourth-order valence-electron chi connectivity index (χ4n) is 2.68. The number of rotatable bonds is 4. The van der Waals surface area contributed by atoms with Gasteiger partial charge in [-0.1, -0.05) is 6.42 Å². The minimum absolute atomic E-state index is 0.0898. The highest BCUT2D eigenvalue weighted by Gasteiger charge is 2.43. The van der Waals surface area contributed by atoms with Gasteiger partial charge in [-0.05, 0) is 38.0 Å². The average Bonchev–Trinajstić information content (AvgIpc) is 2.79. The lowest BCUT2D eigenvalue weighted by Gasteiger charge is -2.27. The molecule has 1 aromatic rings. The minimum atomic E-state index is -1.06. The fraction of sp³-hybridized carbons (Fsp3) is 0.467. The number of nitrogens with one attached hydrogen (secondary N) is 1. The third kappa shape index (κ3) is 2.85. The summed E-state index contributed by atoms with van der Waals surface area (Å²) in [5.41, 5.74) is 5.84. The molecule has 114 valence electrons. The van der Waals surface area contributed by atoms with Crippen LogP contribution < -0.4 is 15.8 Å². The Kier molecular flexibility index (Phi) is 4.18. The van der Waals surface area contributed by atoms with E-state index in [9.17, 15) is 9.59 Å². The summed E-state index contributed by atoms with van der Waals surface area (Å²) in [6, 6.07) is 4.16. The number of aromatic carboxylic acids is 1. The van der Waals surface area contributed by atoms with Crippen molar-refractivity contribution in [3.63, 3.8) is 0 Å². The van der Waals surface area contributed by atoms with E-state index < -0.39 is 11.4 Å². The number of hydrogen-bond acceptors (Lipinski definition) is 4. The number of methoxy groups -OCH3 is 1. The second-order valence-electron chi connectivity index (χ2n) is 5.59. The van der Waals surface area contributed by atoms with Crippen molar-refractivity contribution in [2.45, 2.75) is 32.2 Å². The monoisotopic (exact) mass is 292 g/mol. The number of ether oxygens (including phenoxy) is 1. The van der Waals surface area contributed by atoms with Crippen molar-refractivity contribution < 1.29 is 19.4 Å². The number of carbonyl (C=O) groups excluding carboxylic acids is 1. The number of amides is 1. The molecule has 1 aliphatic carbocycles. The smallest absolute Gasteiger partial charge is 0.335 e. The number of carboxylic acid groups (broad SMARTS) is 1. The number of hydrogen-bond donors (Lipinski definition) is 3. The highest BCUT2D eigenvalue weighted by Crippen LogP contribution is 2.38. The summed E-state index contributed by atoms with van der Waals surface area (Å²) < 4.78 is 5.16. The molecule has 6 heteroatoms. The van der Waals surface area contributed by atoms with Crippen molar-refractivity contribution in [3.8, 4) is 5.75 Å². The van der Waals surface area contributed by atoms with Crippen LogP contribution in [0, 0.1) is 5.41 Å². The first-order valence-electron chi connectivity index (χ1n) is 6.87. The molecule has 21 heavy (non-hydrogen) atoms. The number of carbonyl (C=O) groups is 2. The van der Waals surface area contributed by atoms with E-state index in [-0.39, 0.29) is 17.5 Å². The van der Waals surface area contributed by atoms with Crippen molar-refractivity contribution in [2.75, 3.05) is 12.4 Å². The van der Waals surface area contributed by atoms with Gasteiger partial charge in [0.1, 0.15) is 5.75 Å². The first-order valence-corrected chi connectivity index (χ1v) is 6.87. The van der Waals surface area contributed by atoms with Gasteiger partial charge in [0.25, 0.3) is 0 Å². The van der Waals surface area contributed by atoms with Crippen molar-refractivity contribution in [1.29, 1.82) is 0 Å². The third-order valence-corrected chi connectivity index (χ3v) is 4.24. The van der Waals surface area contributed by atoms with E-state index in [4.69, 9.17) is 15.6 Å². The van der Waals surface area contributed by atoms with Crippen LogP contribution in [0.25, 0.3) is 0 Å². The number of anilines is 1. The van der Waals surface area contributed by atoms with Crippen molar-refractivity contribution in [3.05, 3.63) is 23.8 Å². The molecule has 1 aromatic carbocycles. The predicted octanol–water partition coefficient (Wildman–Crippen LogP) is 1.85. The zero-order valence-electron chi connectivity index (χ0n) is 12.2. The van der Waals surface area contributed by atoms with Crippen LogP contribution in [0.2, 0.25) is 0 Å². The van der Waals surface area contributed by atoms with Gasteiger partial charge in [-0.25, -0.2) is 4.79 Å². The van der Waals surface area contributed by atoms with Crippen LogP contribution in [0.15, 0.2) is 18.2 Å². The van der Waals surface area contributed by atoms with Gasteiger partial charge in [-0.15, -0.1) is 0 Å². The van der Waals surface area contributed by atoms with Crippen molar-refractivity contribution >= 4 is 17.6 Å². The summed E-state index contributed by atoms with van der Waals surface area (Å²) in [6.07, 6.45) is 2.45. The normalized spacial score (nSPS) is 24.6. The number of carboxylic acids is 1. The summed E-state index contributed by atoms with van der Waals surface area (Å²) in [7, 11) is 1.47. The molecule has 6 nitrogen and oxygen atoms in total. The van der Waals surface area contributed by atoms with Crippen molar-refractivity contribution in [2.24, 2.45) is 11.1 Å². The maximum atomic E-state index is 12.5. The summed E-state index contributed by atoms with van der Waals surface area (Å²) in [5, 5.41) is 11.8. The molecular formula is C15H20N2O4. The number of benzene rings is 1. The van der Waals surface area contributed by atoms with E-state index in [2.05, 4.69) is 5.32 Å². The average molecular weight is 292 g/mol. The maximum Gasteiger partial charge on any atom is 0.335 e. The predicted molar refractivity (Wildman–Crippen MR) is 78.5 cm³/mol. The molecule has 2 rings (SSSR count). The zero-order valence-corrected chi connectivity index (χ0v) is 12.2. The first-order chi connectivity index (χ1) is 9.88. The Morgan fingerprint density at radius 2 is 2.19 bits per heavy atom. The Hall–Kier alpha value is -2.08. The van der Waals surface area contributed by atoms with Crippen LogP contribution in [-0.4, -0.2) is 30.1 Å². The third-order valence-electron chi connectivity index (χ3n) is 4.24. The zero-order chi connectivity index (χ0) is 15.6. The SMILES string of the molecule is COc1ccc(C(=O)O)cc1NC(=O)C1(C)CCCC1N. The molecular weight excluding hydrogens is 272 g/mol. The van der Waals surface area contributed by atoms with Gasteiger partial charge < -0.3 is 20.9 Å². The van der Waals surface area contributed by atoms with Crippen LogP contribution in [-0.2, 0) is 4.79 Å². The summed E-state index contributed by atoms with van der Waals surface area (Å²) in [5.74, 6) is -0.839. The van der Waals surface area contributed by atoms with Crippen LogP contribution in [0.5, 0.6) is 5.75 Å². The lowest BCUT2D eigenvalue weighted by Crippen LogP contribution is -2.44. The molecule has 0 bridgehead atoms. The lowest BCUT2D eigenvalue weighted by molar-refractivity contribution is -0.125. The second kappa shape index (κ2) is 5.73. The molecule has 0 saturated heterocycles. The van der Waals surface area contributed by atoms with E-state index >= 15 is 0 Å². The van der Waals surface area contributed by atoms with E-state index in [1.165, 1.54) is 25.3 Å². The fourth-order valence-corrected chi connectivity index (χ4v) is 2.68. The Morgan fingerprint density at radius 3 is 2.71 bits per heavy atom. The lowest BCUT2D eigenvalue weighted by atomic mass is 9.84. The summed E-state index contributed by atoms with van der Waals surface area (Å²) in [6.45, 7) is 1.84. The topological polar surface area (TPSA) is 102 Å². The first kappa shape index (κ1) is 15.3. The molecule has 1 saturated carbocycles. The largest absolute Gasteiger partial charge is 0.495 e. The van der Waals surface area contributed by atoms with Gasteiger partial charge in [0, 0.05) is 6.04 Å². The second-order valence-corrected chi connectivity index (χ2v) is 5.59. The minimum Gasteiger partial charge on any atom is -0.495 e. The van der Waals surface area contributed by atoms with E-state index in [1.54, 1.807) is 0 Å².